The van der Waals surface area contributed by atoms with Crippen LogP contribution in [0.3, 0.4) is 0 Å². The molecule has 0 atom stereocenters. The number of alkyl halides is 3. The third-order valence-corrected chi connectivity index (χ3v) is 7.20. The van der Waals surface area contributed by atoms with Crippen molar-refractivity contribution in [3.8, 4) is 11.1 Å². The van der Waals surface area contributed by atoms with Crippen molar-refractivity contribution in [3.63, 3.8) is 0 Å². The highest BCUT2D eigenvalue weighted by Gasteiger charge is 2.34. The number of rotatable bonds is 8. The monoisotopic (exact) mass is 553 g/mol. The number of pyridine rings is 1. The molecule has 1 aromatic heterocycles. The molecule has 2 heterocycles. The lowest BCUT2D eigenvalue weighted by Crippen LogP contribution is -2.48. The van der Waals surface area contributed by atoms with Gasteiger partial charge in [0, 0.05) is 67.5 Å². The Morgan fingerprint density at radius 1 is 1.02 bits per heavy atom. The molecule has 1 aliphatic heterocycles. The summed E-state index contributed by atoms with van der Waals surface area (Å²) in [6.45, 7) is 9.35. The van der Waals surface area contributed by atoms with Crippen molar-refractivity contribution in [3.05, 3.63) is 82.7 Å². The lowest BCUT2D eigenvalue weighted by atomic mass is 9.98. The molecular formula is C30H34F3N5O2. The predicted octanol–water partition coefficient (Wildman–Crippen LogP) is 4.88. The van der Waals surface area contributed by atoms with Crippen molar-refractivity contribution < 1.29 is 22.8 Å². The standard InChI is InChI=1S/C30H34F3N5O2/c1-19(2)38-12-10-37(11-13-38)18-23-7-9-25(15-27(23)30(31,32)33)36-29(40)21-5-4-20(3)26(14-21)22-6-8-24(35-17-22)16-28(34)39/h4-9,14-15,17,19H,10-13,16,18H2,1-3H3,(H2,34,39)(H,36,40). The van der Waals surface area contributed by atoms with Gasteiger partial charge in [0.2, 0.25) is 5.91 Å². The number of anilines is 1. The van der Waals surface area contributed by atoms with E-state index in [1.807, 2.05) is 11.8 Å². The minimum atomic E-state index is -4.56. The van der Waals surface area contributed by atoms with Gasteiger partial charge in [-0.05, 0) is 67.8 Å². The molecule has 4 rings (SSSR count). The average Bonchev–Trinajstić information content (AvgIpc) is 2.89. The van der Waals surface area contributed by atoms with E-state index in [0.29, 0.717) is 30.4 Å². The van der Waals surface area contributed by atoms with E-state index in [1.54, 1.807) is 36.5 Å². The second kappa shape index (κ2) is 12.2. The SMILES string of the molecule is Cc1ccc(C(=O)Nc2ccc(CN3CCN(C(C)C)CC3)c(C(F)(F)F)c2)cc1-c1ccc(CC(N)=O)nc1. The number of carbonyl (C=O) groups is 2. The number of hydrogen-bond donors (Lipinski definition) is 2. The van der Waals surface area contributed by atoms with Crippen molar-refractivity contribution in [2.45, 2.75) is 46.0 Å². The number of primary amides is 1. The van der Waals surface area contributed by atoms with Gasteiger partial charge in [0.15, 0.2) is 0 Å². The number of nitrogens with one attached hydrogen (secondary N) is 1. The first-order valence-electron chi connectivity index (χ1n) is 13.2. The van der Waals surface area contributed by atoms with E-state index in [2.05, 4.69) is 29.0 Å². The fourth-order valence-electron chi connectivity index (χ4n) is 4.88. The van der Waals surface area contributed by atoms with Crippen molar-refractivity contribution in [1.29, 1.82) is 0 Å². The van der Waals surface area contributed by atoms with Gasteiger partial charge >= 0.3 is 6.18 Å². The summed E-state index contributed by atoms with van der Waals surface area (Å²) in [5.74, 6) is -1.01. The van der Waals surface area contributed by atoms with Crippen LogP contribution >= 0.6 is 0 Å². The van der Waals surface area contributed by atoms with Gasteiger partial charge in [-0.15, -0.1) is 0 Å². The van der Waals surface area contributed by atoms with Gasteiger partial charge in [-0.3, -0.25) is 24.4 Å². The highest BCUT2D eigenvalue weighted by molar-refractivity contribution is 6.05. The fraction of sp³-hybridized carbons (Fsp3) is 0.367. The molecule has 0 spiro atoms. The van der Waals surface area contributed by atoms with E-state index in [-0.39, 0.29) is 24.2 Å². The van der Waals surface area contributed by atoms with Crippen LogP contribution in [-0.4, -0.2) is 58.8 Å². The number of aromatic nitrogens is 1. The minimum Gasteiger partial charge on any atom is -0.369 e. The number of nitrogens with zero attached hydrogens (tertiary/aromatic N) is 3. The van der Waals surface area contributed by atoms with Crippen LogP contribution in [0.2, 0.25) is 0 Å². The van der Waals surface area contributed by atoms with Crippen LogP contribution in [0.1, 0.15) is 46.6 Å². The highest BCUT2D eigenvalue weighted by Crippen LogP contribution is 2.35. The summed E-state index contributed by atoms with van der Waals surface area (Å²) < 4.78 is 42.1. The molecule has 1 aliphatic rings. The molecule has 0 aliphatic carbocycles. The van der Waals surface area contributed by atoms with Gasteiger partial charge in [0.1, 0.15) is 0 Å². The summed E-state index contributed by atoms with van der Waals surface area (Å²) in [5, 5.41) is 2.62. The Labute approximate surface area is 232 Å². The smallest absolute Gasteiger partial charge is 0.369 e. The highest BCUT2D eigenvalue weighted by atomic mass is 19.4. The maximum atomic E-state index is 14.0. The number of benzene rings is 2. The van der Waals surface area contributed by atoms with Crippen LogP contribution < -0.4 is 11.1 Å². The van der Waals surface area contributed by atoms with Gasteiger partial charge in [-0.2, -0.15) is 13.2 Å². The molecule has 1 fully saturated rings. The molecule has 0 bridgehead atoms. The van der Waals surface area contributed by atoms with E-state index in [4.69, 9.17) is 5.73 Å². The Balaban J connectivity index is 1.51. The van der Waals surface area contributed by atoms with Gasteiger partial charge in [0.25, 0.3) is 5.91 Å². The zero-order chi connectivity index (χ0) is 29.0. The molecule has 10 heteroatoms. The van der Waals surface area contributed by atoms with Crippen LogP contribution in [-0.2, 0) is 23.9 Å². The topological polar surface area (TPSA) is 91.6 Å². The third kappa shape index (κ3) is 7.25. The molecule has 2 amide bonds. The number of halogens is 3. The zero-order valence-electron chi connectivity index (χ0n) is 22.9. The van der Waals surface area contributed by atoms with Crippen LogP contribution in [0.15, 0.2) is 54.7 Å². The zero-order valence-corrected chi connectivity index (χ0v) is 22.9. The molecule has 212 valence electrons. The van der Waals surface area contributed by atoms with E-state index in [0.717, 1.165) is 35.8 Å². The van der Waals surface area contributed by atoms with Crippen LogP contribution in [0, 0.1) is 6.92 Å². The number of aryl methyl sites for hydroxylation is 1. The Morgan fingerprint density at radius 2 is 1.75 bits per heavy atom. The maximum absolute atomic E-state index is 14.0. The number of carbonyl (C=O) groups excluding carboxylic acids is 2. The third-order valence-electron chi connectivity index (χ3n) is 7.20. The van der Waals surface area contributed by atoms with Crippen LogP contribution in [0.4, 0.5) is 18.9 Å². The van der Waals surface area contributed by atoms with Crippen molar-refractivity contribution in [1.82, 2.24) is 14.8 Å². The van der Waals surface area contributed by atoms with Crippen molar-refractivity contribution in [2.75, 3.05) is 31.5 Å². The minimum absolute atomic E-state index is 0.0230. The van der Waals surface area contributed by atoms with E-state index < -0.39 is 23.6 Å². The molecule has 0 radical (unpaired) electrons. The molecule has 3 aromatic rings. The summed E-state index contributed by atoms with van der Waals surface area (Å²) >= 11 is 0. The molecule has 1 saturated heterocycles. The first kappa shape index (κ1) is 29.2. The van der Waals surface area contributed by atoms with Gasteiger partial charge < -0.3 is 11.1 Å². The Bertz CT molecular complexity index is 1360. The Kier molecular flexibility index (Phi) is 8.90. The largest absolute Gasteiger partial charge is 0.416 e. The van der Waals surface area contributed by atoms with Crippen LogP contribution in [0.5, 0.6) is 0 Å². The number of amides is 2. The molecule has 7 nitrogen and oxygen atoms in total. The first-order valence-corrected chi connectivity index (χ1v) is 13.2. The molecule has 40 heavy (non-hydrogen) atoms. The normalized spacial score (nSPS) is 14.9. The second-order valence-electron chi connectivity index (χ2n) is 10.4. The molecule has 3 N–H and O–H groups in total. The lowest BCUT2D eigenvalue weighted by Gasteiger charge is -2.37. The molecule has 0 saturated carbocycles. The van der Waals surface area contributed by atoms with E-state index >= 15 is 0 Å². The molecule has 2 aromatic carbocycles. The van der Waals surface area contributed by atoms with Crippen molar-refractivity contribution >= 4 is 17.5 Å². The lowest BCUT2D eigenvalue weighted by molar-refractivity contribution is -0.138. The number of nitrogens with two attached hydrogens (primary N) is 1. The average molecular weight is 554 g/mol. The van der Waals surface area contributed by atoms with Crippen LogP contribution in [0.25, 0.3) is 11.1 Å². The van der Waals surface area contributed by atoms with E-state index in [9.17, 15) is 22.8 Å². The Morgan fingerprint density at radius 3 is 2.35 bits per heavy atom. The Hall–Kier alpha value is -3.76. The molecule has 0 unspecified atom stereocenters. The predicted molar refractivity (Wildman–Crippen MR) is 149 cm³/mol. The summed E-state index contributed by atoms with van der Waals surface area (Å²) in [7, 11) is 0. The quantitative estimate of drug-likeness (QED) is 0.415. The first-order chi connectivity index (χ1) is 18.9. The van der Waals surface area contributed by atoms with Crippen molar-refractivity contribution in [2.24, 2.45) is 5.73 Å². The number of piperazine rings is 1. The second-order valence-corrected chi connectivity index (χ2v) is 10.4. The van der Waals surface area contributed by atoms with E-state index in [1.165, 1.54) is 12.1 Å². The van der Waals surface area contributed by atoms with Gasteiger partial charge in [-0.25, -0.2) is 0 Å². The van der Waals surface area contributed by atoms with Gasteiger partial charge in [-0.1, -0.05) is 18.2 Å². The summed E-state index contributed by atoms with van der Waals surface area (Å²) in [6, 6.07) is 12.9. The molecular weight excluding hydrogens is 519 g/mol. The maximum Gasteiger partial charge on any atom is 0.416 e. The fourth-order valence-corrected chi connectivity index (χ4v) is 4.88. The number of hydrogen-bond acceptors (Lipinski definition) is 5. The summed E-state index contributed by atoms with van der Waals surface area (Å²) in [6.07, 6.45) is -2.94. The van der Waals surface area contributed by atoms with Gasteiger partial charge in [0.05, 0.1) is 12.0 Å². The summed E-state index contributed by atoms with van der Waals surface area (Å²) in [4.78, 5) is 32.8. The summed E-state index contributed by atoms with van der Waals surface area (Å²) in [5.41, 5.74) is 7.93.